The zero-order valence-electron chi connectivity index (χ0n) is 14.7. The summed E-state index contributed by atoms with van der Waals surface area (Å²) in [7, 11) is 0. The Bertz CT molecular complexity index is 1100. The molecular weight excluding hydrogens is 360 g/mol. The van der Waals surface area contributed by atoms with Gasteiger partial charge in [-0.2, -0.15) is 0 Å². The van der Waals surface area contributed by atoms with Crippen molar-refractivity contribution in [2.45, 2.75) is 13.5 Å². The molecule has 1 N–H and O–H groups in total. The van der Waals surface area contributed by atoms with Gasteiger partial charge in [-0.15, -0.1) is 0 Å². The third-order valence-corrected chi connectivity index (χ3v) is 4.59. The quantitative estimate of drug-likeness (QED) is 0.519. The first-order valence-electron chi connectivity index (χ1n) is 8.59. The molecule has 5 heteroatoms. The lowest BCUT2D eigenvalue weighted by atomic mass is 10.0. The van der Waals surface area contributed by atoms with Gasteiger partial charge in [0.15, 0.2) is 5.76 Å². The smallest absolute Gasteiger partial charge is 0.287 e. The molecule has 0 aliphatic heterocycles. The summed E-state index contributed by atoms with van der Waals surface area (Å²) in [6.45, 7) is 2.35. The molecule has 4 rings (SSSR count). The van der Waals surface area contributed by atoms with E-state index in [-0.39, 0.29) is 5.91 Å². The largest absolute Gasteiger partial charge is 0.450 e. The van der Waals surface area contributed by atoms with Crippen LogP contribution in [0.3, 0.4) is 0 Å². The van der Waals surface area contributed by atoms with Gasteiger partial charge in [0.2, 0.25) is 0 Å². The SMILES string of the molecule is Cc1ccc2c(C(=O)NCc3ccccn3)oc(-c3ccc(Cl)cc3)c2c1. The Labute approximate surface area is 161 Å². The number of nitrogens with one attached hydrogen (secondary N) is 1. The van der Waals surface area contributed by atoms with Gasteiger partial charge in [0, 0.05) is 27.6 Å². The van der Waals surface area contributed by atoms with Crippen LogP contribution < -0.4 is 5.32 Å². The molecule has 0 radical (unpaired) electrons. The van der Waals surface area contributed by atoms with Crippen LogP contribution in [0.2, 0.25) is 5.02 Å². The van der Waals surface area contributed by atoms with Gasteiger partial charge in [-0.05, 0) is 49.4 Å². The van der Waals surface area contributed by atoms with Crippen molar-refractivity contribution >= 4 is 28.3 Å². The highest BCUT2D eigenvalue weighted by atomic mass is 35.5. The first kappa shape index (κ1) is 17.3. The number of amides is 1. The summed E-state index contributed by atoms with van der Waals surface area (Å²) in [6, 6.07) is 18.9. The second-order valence-electron chi connectivity index (χ2n) is 6.32. The molecule has 0 aliphatic carbocycles. The number of furan rings is 1. The van der Waals surface area contributed by atoms with Crippen LogP contribution in [0.5, 0.6) is 0 Å². The monoisotopic (exact) mass is 376 g/mol. The molecule has 2 aromatic heterocycles. The highest BCUT2D eigenvalue weighted by molar-refractivity contribution is 6.30. The molecule has 4 nitrogen and oxygen atoms in total. The number of aryl methyl sites for hydroxylation is 1. The van der Waals surface area contributed by atoms with Crippen molar-refractivity contribution in [1.29, 1.82) is 0 Å². The lowest BCUT2D eigenvalue weighted by Gasteiger charge is -2.03. The Morgan fingerprint density at radius 1 is 1.07 bits per heavy atom. The molecule has 0 saturated carbocycles. The molecule has 27 heavy (non-hydrogen) atoms. The van der Waals surface area contributed by atoms with Crippen LogP contribution in [0.1, 0.15) is 21.8 Å². The first-order chi connectivity index (χ1) is 13.1. The second kappa shape index (κ2) is 7.25. The van der Waals surface area contributed by atoms with Gasteiger partial charge >= 0.3 is 0 Å². The maximum Gasteiger partial charge on any atom is 0.287 e. The lowest BCUT2D eigenvalue weighted by Crippen LogP contribution is -2.22. The molecule has 0 spiro atoms. The van der Waals surface area contributed by atoms with Gasteiger partial charge in [-0.25, -0.2) is 0 Å². The summed E-state index contributed by atoms with van der Waals surface area (Å²) in [6.07, 6.45) is 1.70. The van der Waals surface area contributed by atoms with Gasteiger partial charge < -0.3 is 9.73 Å². The Hall–Kier alpha value is -3.11. The van der Waals surface area contributed by atoms with E-state index in [1.54, 1.807) is 6.20 Å². The van der Waals surface area contributed by atoms with Crippen molar-refractivity contribution in [2.24, 2.45) is 0 Å². The topological polar surface area (TPSA) is 55.1 Å². The molecule has 0 unspecified atom stereocenters. The lowest BCUT2D eigenvalue weighted by molar-refractivity contribution is 0.0925. The molecular formula is C22H17ClN2O2. The fourth-order valence-electron chi connectivity index (χ4n) is 2.99. The van der Waals surface area contributed by atoms with E-state index in [0.717, 1.165) is 27.6 Å². The van der Waals surface area contributed by atoms with E-state index in [4.69, 9.17) is 16.0 Å². The number of fused-ring (bicyclic) bond motifs is 1. The minimum Gasteiger partial charge on any atom is -0.450 e. The van der Waals surface area contributed by atoms with E-state index < -0.39 is 0 Å². The van der Waals surface area contributed by atoms with Crippen LogP contribution in [0.4, 0.5) is 0 Å². The van der Waals surface area contributed by atoms with Crippen LogP contribution in [-0.2, 0) is 6.54 Å². The average Bonchev–Trinajstić information content (AvgIpc) is 3.06. The van der Waals surface area contributed by atoms with Gasteiger partial charge in [0.1, 0.15) is 5.76 Å². The Balaban J connectivity index is 1.72. The molecule has 0 atom stereocenters. The number of aromatic nitrogens is 1. The van der Waals surface area contributed by atoms with Crippen LogP contribution in [-0.4, -0.2) is 10.9 Å². The second-order valence-corrected chi connectivity index (χ2v) is 6.76. The summed E-state index contributed by atoms with van der Waals surface area (Å²) < 4.78 is 6.02. The van der Waals surface area contributed by atoms with Crippen molar-refractivity contribution < 1.29 is 9.21 Å². The first-order valence-corrected chi connectivity index (χ1v) is 8.97. The number of carbonyl (C=O) groups excluding carboxylic acids is 1. The van der Waals surface area contributed by atoms with E-state index >= 15 is 0 Å². The Kier molecular flexibility index (Phi) is 4.65. The zero-order chi connectivity index (χ0) is 18.8. The summed E-state index contributed by atoms with van der Waals surface area (Å²) in [5, 5.41) is 5.22. The van der Waals surface area contributed by atoms with Gasteiger partial charge in [-0.1, -0.05) is 35.4 Å². The highest BCUT2D eigenvalue weighted by Gasteiger charge is 2.20. The van der Waals surface area contributed by atoms with Crippen molar-refractivity contribution in [2.75, 3.05) is 0 Å². The van der Waals surface area contributed by atoms with Crippen LogP contribution in [0.25, 0.3) is 22.1 Å². The number of hydrogen-bond acceptors (Lipinski definition) is 3. The molecule has 0 fully saturated rings. The predicted octanol–water partition coefficient (Wildman–Crippen LogP) is 5.39. The fourth-order valence-corrected chi connectivity index (χ4v) is 3.12. The minimum absolute atomic E-state index is 0.269. The Morgan fingerprint density at radius 2 is 1.89 bits per heavy atom. The average molecular weight is 377 g/mol. The molecule has 4 aromatic rings. The number of nitrogens with zero attached hydrogens (tertiary/aromatic N) is 1. The van der Waals surface area contributed by atoms with Crippen molar-refractivity contribution in [3.05, 3.63) is 88.9 Å². The van der Waals surface area contributed by atoms with E-state index in [1.165, 1.54) is 0 Å². The van der Waals surface area contributed by atoms with Gasteiger partial charge in [0.25, 0.3) is 5.91 Å². The van der Waals surface area contributed by atoms with E-state index in [2.05, 4.69) is 10.3 Å². The summed E-state index contributed by atoms with van der Waals surface area (Å²) in [4.78, 5) is 17.0. The number of pyridine rings is 1. The van der Waals surface area contributed by atoms with Crippen molar-refractivity contribution in [3.63, 3.8) is 0 Å². The Morgan fingerprint density at radius 3 is 2.63 bits per heavy atom. The van der Waals surface area contributed by atoms with E-state index in [9.17, 15) is 4.79 Å². The summed E-state index contributed by atoms with van der Waals surface area (Å²) in [5.41, 5.74) is 2.76. The highest BCUT2D eigenvalue weighted by Crippen LogP contribution is 2.35. The van der Waals surface area contributed by atoms with Crippen molar-refractivity contribution in [1.82, 2.24) is 10.3 Å². The fraction of sp³-hybridized carbons (Fsp3) is 0.0909. The summed E-state index contributed by atoms with van der Waals surface area (Å²) >= 11 is 6.00. The normalized spacial score (nSPS) is 10.9. The van der Waals surface area contributed by atoms with Crippen LogP contribution in [0, 0.1) is 6.92 Å². The van der Waals surface area contributed by atoms with Crippen LogP contribution in [0.15, 0.2) is 71.3 Å². The van der Waals surface area contributed by atoms with E-state index in [0.29, 0.717) is 23.1 Å². The third kappa shape index (κ3) is 3.57. The molecule has 2 heterocycles. The molecule has 1 amide bonds. The minimum atomic E-state index is -0.269. The van der Waals surface area contributed by atoms with Gasteiger partial charge in [0.05, 0.1) is 12.2 Å². The third-order valence-electron chi connectivity index (χ3n) is 4.34. The molecule has 2 aromatic carbocycles. The number of benzene rings is 2. The number of carbonyl (C=O) groups is 1. The maximum atomic E-state index is 12.8. The predicted molar refractivity (Wildman–Crippen MR) is 107 cm³/mol. The molecule has 134 valence electrons. The number of halogens is 1. The molecule has 0 aliphatic rings. The van der Waals surface area contributed by atoms with Gasteiger partial charge in [-0.3, -0.25) is 9.78 Å². The maximum absolute atomic E-state index is 12.8. The standard InChI is InChI=1S/C22H17ClN2O2/c1-14-5-10-18-19(12-14)20(15-6-8-16(23)9-7-15)27-21(18)22(26)25-13-17-4-2-3-11-24-17/h2-12H,13H2,1H3,(H,25,26). The van der Waals surface area contributed by atoms with Crippen LogP contribution >= 0.6 is 11.6 Å². The molecule has 0 saturated heterocycles. The number of hydrogen-bond donors (Lipinski definition) is 1. The zero-order valence-corrected chi connectivity index (χ0v) is 15.5. The number of rotatable bonds is 4. The molecule has 0 bridgehead atoms. The van der Waals surface area contributed by atoms with Crippen molar-refractivity contribution in [3.8, 4) is 11.3 Å². The summed E-state index contributed by atoms with van der Waals surface area (Å²) in [5.74, 6) is 0.689. The van der Waals surface area contributed by atoms with E-state index in [1.807, 2.05) is 67.6 Å².